The highest BCUT2D eigenvalue weighted by molar-refractivity contribution is 7.98. The summed E-state index contributed by atoms with van der Waals surface area (Å²) in [5.74, 6) is 2.10. The summed E-state index contributed by atoms with van der Waals surface area (Å²) in [4.78, 5) is 36.4. The van der Waals surface area contributed by atoms with Crippen molar-refractivity contribution in [2.24, 2.45) is 5.92 Å². The van der Waals surface area contributed by atoms with Crippen LogP contribution in [0, 0.1) is 5.92 Å². The molecule has 0 spiro atoms. The fraction of sp³-hybridized carbons (Fsp3) is 0.222. The molecule has 1 unspecified atom stereocenters. The molecule has 1 N–H and O–H groups in total. The van der Waals surface area contributed by atoms with E-state index in [1.807, 2.05) is 59.0 Å². The van der Waals surface area contributed by atoms with E-state index in [4.69, 9.17) is 4.98 Å². The number of hydrogen-bond acceptors (Lipinski definition) is 7. The van der Waals surface area contributed by atoms with Crippen LogP contribution in [0.5, 0.6) is 0 Å². The van der Waals surface area contributed by atoms with Gasteiger partial charge in [-0.25, -0.2) is 9.55 Å². The Kier molecular flexibility index (Phi) is 5.26. The van der Waals surface area contributed by atoms with Crippen molar-refractivity contribution in [1.82, 2.24) is 29.1 Å². The number of aromatic nitrogens is 6. The topological polar surface area (TPSA) is 97.9 Å². The number of thioether (sulfide) groups is 1. The number of thiophene rings is 1. The summed E-state index contributed by atoms with van der Waals surface area (Å²) in [5, 5.41) is 10.8. The van der Waals surface area contributed by atoms with Gasteiger partial charge in [-0.05, 0) is 55.0 Å². The van der Waals surface area contributed by atoms with E-state index in [1.165, 1.54) is 22.2 Å². The molecule has 0 aliphatic heterocycles. The van der Waals surface area contributed by atoms with Crippen LogP contribution in [0.25, 0.3) is 32.6 Å². The van der Waals surface area contributed by atoms with Gasteiger partial charge >= 0.3 is 0 Å². The van der Waals surface area contributed by atoms with Gasteiger partial charge in [-0.1, -0.05) is 49.0 Å². The maximum Gasteiger partial charge on any atom is 0.267 e. The van der Waals surface area contributed by atoms with Gasteiger partial charge in [-0.3, -0.25) is 14.0 Å². The Balaban J connectivity index is 1.32. The summed E-state index contributed by atoms with van der Waals surface area (Å²) >= 11 is 3.08. The summed E-state index contributed by atoms with van der Waals surface area (Å²) in [6, 6.07) is 16.9. The molecule has 6 aromatic rings. The van der Waals surface area contributed by atoms with Gasteiger partial charge in [-0.2, -0.15) is 0 Å². The molecule has 4 aromatic heterocycles. The number of hydrogen-bond donors (Lipinski definition) is 1. The molecule has 1 aliphatic carbocycles. The van der Waals surface area contributed by atoms with Gasteiger partial charge in [-0.15, -0.1) is 21.5 Å². The molecule has 4 heterocycles. The normalized spacial score (nSPS) is 15.5. The number of para-hydroxylation sites is 2. The highest BCUT2D eigenvalue weighted by Gasteiger charge is 2.23. The lowest BCUT2D eigenvalue weighted by atomic mass is 9.89. The van der Waals surface area contributed by atoms with Crippen molar-refractivity contribution in [3.8, 4) is 5.69 Å². The smallest absolute Gasteiger partial charge is 0.267 e. The molecule has 0 saturated carbocycles. The van der Waals surface area contributed by atoms with E-state index in [-0.39, 0.29) is 11.1 Å². The minimum atomic E-state index is -0.148. The van der Waals surface area contributed by atoms with E-state index >= 15 is 0 Å². The summed E-state index contributed by atoms with van der Waals surface area (Å²) < 4.78 is 3.49. The molecule has 0 amide bonds. The summed E-state index contributed by atoms with van der Waals surface area (Å²) in [7, 11) is 0. The second kappa shape index (κ2) is 8.67. The predicted octanol–water partition coefficient (Wildman–Crippen LogP) is 4.75. The average molecular weight is 527 g/mol. The molecule has 2 aromatic carbocycles. The predicted molar refractivity (Wildman–Crippen MR) is 147 cm³/mol. The Hall–Kier alpha value is -3.76. The minimum absolute atomic E-state index is 0.0675. The van der Waals surface area contributed by atoms with Crippen LogP contribution in [0.2, 0.25) is 0 Å². The lowest BCUT2D eigenvalue weighted by Crippen LogP contribution is -2.21. The highest BCUT2D eigenvalue weighted by Crippen LogP contribution is 2.36. The number of benzene rings is 2. The van der Waals surface area contributed by atoms with Crippen LogP contribution >= 0.6 is 23.1 Å². The number of fused-ring (bicyclic) bond motifs is 6. The van der Waals surface area contributed by atoms with E-state index in [9.17, 15) is 9.59 Å². The van der Waals surface area contributed by atoms with Crippen LogP contribution in [0.1, 0.15) is 29.6 Å². The Labute approximate surface area is 219 Å². The third-order valence-corrected chi connectivity index (χ3v) is 9.05. The number of aromatic amines is 1. The molecular formula is C27H22N6O2S2. The Bertz CT molecular complexity index is 1940. The minimum Gasteiger partial charge on any atom is -0.309 e. The zero-order valence-electron chi connectivity index (χ0n) is 20.0. The number of H-pyrrole nitrogens is 1. The highest BCUT2D eigenvalue weighted by atomic mass is 32.2. The van der Waals surface area contributed by atoms with E-state index in [0.717, 1.165) is 40.7 Å². The average Bonchev–Trinajstić information content (AvgIpc) is 3.49. The second-order valence-corrected chi connectivity index (χ2v) is 11.5. The van der Waals surface area contributed by atoms with E-state index in [0.29, 0.717) is 33.8 Å². The lowest BCUT2D eigenvalue weighted by Gasteiger charge is -2.17. The Morgan fingerprint density at radius 2 is 1.89 bits per heavy atom. The van der Waals surface area contributed by atoms with Crippen molar-refractivity contribution in [2.45, 2.75) is 37.1 Å². The molecular weight excluding hydrogens is 504 g/mol. The van der Waals surface area contributed by atoms with Crippen molar-refractivity contribution in [3.63, 3.8) is 0 Å². The number of nitrogens with zero attached hydrogens (tertiary/aromatic N) is 5. The molecule has 8 nitrogen and oxygen atoms in total. The molecule has 37 heavy (non-hydrogen) atoms. The van der Waals surface area contributed by atoms with Gasteiger partial charge < -0.3 is 4.98 Å². The first-order valence-corrected chi connectivity index (χ1v) is 14.0. The van der Waals surface area contributed by atoms with Crippen LogP contribution in [-0.4, -0.2) is 29.1 Å². The molecule has 1 aliphatic rings. The quantitative estimate of drug-likeness (QED) is 0.333. The van der Waals surface area contributed by atoms with E-state index in [2.05, 4.69) is 22.1 Å². The largest absolute Gasteiger partial charge is 0.309 e. The van der Waals surface area contributed by atoms with Gasteiger partial charge in [0.1, 0.15) is 10.7 Å². The second-order valence-electron chi connectivity index (χ2n) is 9.44. The first-order chi connectivity index (χ1) is 18.1. The van der Waals surface area contributed by atoms with Crippen LogP contribution in [-0.2, 0) is 18.6 Å². The molecule has 10 heteroatoms. The SMILES string of the molecule is CC1CCc2c(sc3nc(CSc4nnc5n(-c6ccccc6)c(=O)c6ccccc6n45)[nH]c(=O)c23)C1. The van der Waals surface area contributed by atoms with Crippen LogP contribution in [0.3, 0.4) is 0 Å². The van der Waals surface area contributed by atoms with Crippen molar-refractivity contribution < 1.29 is 0 Å². The Morgan fingerprint density at radius 1 is 1.08 bits per heavy atom. The third kappa shape index (κ3) is 3.62. The number of aryl methyl sites for hydroxylation is 1. The van der Waals surface area contributed by atoms with Crippen molar-refractivity contribution in [1.29, 1.82) is 0 Å². The van der Waals surface area contributed by atoms with Crippen LogP contribution < -0.4 is 11.1 Å². The zero-order valence-corrected chi connectivity index (χ0v) is 21.6. The number of rotatable bonds is 4. The first-order valence-electron chi connectivity index (χ1n) is 12.2. The summed E-state index contributed by atoms with van der Waals surface area (Å²) in [5.41, 5.74) is 2.42. The maximum atomic E-state index is 13.4. The number of nitrogens with one attached hydrogen (secondary N) is 1. The molecule has 0 radical (unpaired) electrons. The van der Waals surface area contributed by atoms with E-state index in [1.54, 1.807) is 15.9 Å². The standard InChI is InChI=1S/C27H22N6O2S2/c1-15-11-12-18-20(13-15)37-24-22(18)23(34)28-21(29-24)14-36-27-31-30-26-32(16-7-3-2-4-8-16)25(35)17-9-5-6-10-19(17)33(26)27/h2-10,15H,11-14H2,1H3,(H,28,29,34). The monoisotopic (exact) mass is 526 g/mol. The summed E-state index contributed by atoms with van der Waals surface area (Å²) in [6.45, 7) is 2.26. The van der Waals surface area contributed by atoms with Gasteiger partial charge in [0.25, 0.3) is 11.1 Å². The Morgan fingerprint density at radius 3 is 2.76 bits per heavy atom. The fourth-order valence-electron chi connectivity index (χ4n) is 5.18. The molecule has 0 bridgehead atoms. The van der Waals surface area contributed by atoms with Crippen molar-refractivity contribution in [2.75, 3.05) is 0 Å². The molecule has 184 valence electrons. The van der Waals surface area contributed by atoms with Crippen LogP contribution in [0.15, 0.2) is 69.3 Å². The van der Waals surface area contributed by atoms with Crippen molar-refractivity contribution >= 4 is 50.0 Å². The first kappa shape index (κ1) is 22.4. The molecule has 1 atom stereocenters. The third-order valence-electron chi connectivity index (χ3n) is 6.96. The lowest BCUT2D eigenvalue weighted by molar-refractivity contribution is 0.509. The van der Waals surface area contributed by atoms with Gasteiger partial charge in [0.15, 0.2) is 5.16 Å². The van der Waals surface area contributed by atoms with E-state index < -0.39 is 0 Å². The van der Waals surface area contributed by atoms with Crippen LogP contribution in [0.4, 0.5) is 0 Å². The molecule has 0 saturated heterocycles. The zero-order chi connectivity index (χ0) is 25.1. The van der Waals surface area contributed by atoms with Crippen molar-refractivity contribution in [3.05, 3.63) is 91.6 Å². The van der Waals surface area contributed by atoms with Gasteiger partial charge in [0, 0.05) is 4.88 Å². The molecule has 7 rings (SSSR count). The van der Waals surface area contributed by atoms with Gasteiger partial charge in [0.05, 0.1) is 27.7 Å². The summed E-state index contributed by atoms with van der Waals surface area (Å²) in [6.07, 6.45) is 3.07. The van der Waals surface area contributed by atoms with Gasteiger partial charge in [0.2, 0.25) is 5.78 Å². The molecule has 0 fully saturated rings. The maximum absolute atomic E-state index is 13.4. The fourth-order valence-corrected chi connectivity index (χ4v) is 7.39.